The highest BCUT2D eigenvalue weighted by Crippen LogP contribution is 2.21. The number of hydrogen-bond acceptors (Lipinski definition) is 3. The van der Waals surface area contributed by atoms with Crippen molar-refractivity contribution in [3.05, 3.63) is 0 Å². The van der Waals surface area contributed by atoms with E-state index in [0.717, 1.165) is 10.9 Å². The minimum Gasteiger partial charge on any atom is -0.359 e. The minimum atomic E-state index is -0.774. The first-order valence-electron chi connectivity index (χ1n) is 4.68. The molecule has 0 spiro atoms. The van der Waals surface area contributed by atoms with Crippen molar-refractivity contribution in [2.45, 2.75) is 31.6 Å². The van der Waals surface area contributed by atoms with Crippen LogP contribution in [0.15, 0.2) is 4.99 Å². The predicted octanol–water partition coefficient (Wildman–Crippen LogP) is 1.22. The zero-order valence-electron chi connectivity index (χ0n) is 9.16. The first-order valence-corrected chi connectivity index (χ1v) is 7.29. The van der Waals surface area contributed by atoms with Crippen molar-refractivity contribution in [3.63, 3.8) is 0 Å². The van der Waals surface area contributed by atoms with Crippen LogP contribution in [0.25, 0.3) is 0 Å². The summed E-state index contributed by atoms with van der Waals surface area (Å²) >= 11 is 1.74. The molecule has 1 fully saturated rings. The highest BCUT2D eigenvalue weighted by atomic mass is 32.2. The Labute approximate surface area is 92.6 Å². The van der Waals surface area contributed by atoms with Gasteiger partial charge in [-0.25, -0.2) is 0 Å². The predicted molar refractivity (Wildman–Crippen MR) is 65.5 cm³/mol. The maximum atomic E-state index is 11.1. The minimum absolute atomic E-state index is 0.147. The Morgan fingerprint density at radius 2 is 2.36 bits per heavy atom. The van der Waals surface area contributed by atoms with E-state index in [1.807, 2.05) is 6.92 Å². The summed E-state index contributed by atoms with van der Waals surface area (Å²) in [4.78, 5) is 4.42. The van der Waals surface area contributed by atoms with Crippen molar-refractivity contribution in [2.75, 3.05) is 18.6 Å². The van der Waals surface area contributed by atoms with Gasteiger partial charge in [0.05, 0.1) is 11.8 Å². The van der Waals surface area contributed by atoms with Gasteiger partial charge in [-0.1, -0.05) is 11.8 Å². The molecule has 1 saturated heterocycles. The van der Waals surface area contributed by atoms with Crippen LogP contribution in [0.5, 0.6) is 0 Å². The number of nitrogens with zero attached hydrogens (tertiary/aromatic N) is 1. The lowest BCUT2D eigenvalue weighted by molar-refractivity contribution is 0.536. The molecule has 1 aliphatic heterocycles. The van der Waals surface area contributed by atoms with Gasteiger partial charge in [0.1, 0.15) is 0 Å². The number of aliphatic imine (C=N–C) groups is 1. The molecular formula is C9H18N2OS2. The SMILES string of the molecule is CC(CN=C1NC(C)(C)CS1)S(C)=O. The molecule has 0 bridgehead atoms. The first kappa shape index (κ1) is 12.0. The fourth-order valence-corrected chi connectivity index (χ4v) is 2.38. The largest absolute Gasteiger partial charge is 0.359 e. The van der Waals surface area contributed by atoms with Crippen molar-refractivity contribution < 1.29 is 4.21 Å². The zero-order valence-corrected chi connectivity index (χ0v) is 10.8. The van der Waals surface area contributed by atoms with Crippen molar-refractivity contribution in [2.24, 2.45) is 4.99 Å². The summed E-state index contributed by atoms with van der Waals surface area (Å²) in [5.74, 6) is 1.05. The summed E-state index contributed by atoms with van der Waals surface area (Å²) < 4.78 is 11.1. The molecule has 5 heteroatoms. The van der Waals surface area contributed by atoms with Gasteiger partial charge in [-0.05, 0) is 20.8 Å². The molecule has 1 N–H and O–H groups in total. The molecule has 0 aromatic carbocycles. The Morgan fingerprint density at radius 3 is 2.79 bits per heavy atom. The van der Waals surface area contributed by atoms with E-state index in [-0.39, 0.29) is 10.8 Å². The van der Waals surface area contributed by atoms with E-state index in [2.05, 4.69) is 24.2 Å². The third kappa shape index (κ3) is 3.61. The van der Waals surface area contributed by atoms with E-state index >= 15 is 0 Å². The Kier molecular flexibility index (Phi) is 4.01. The standard InChI is InChI=1S/C9H18N2OS2/c1-7(14(4)12)5-10-8-11-9(2,3)6-13-8/h7H,5-6H2,1-4H3,(H,10,11). The van der Waals surface area contributed by atoms with Crippen LogP contribution < -0.4 is 5.32 Å². The van der Waals surface area contributed by atoms with Gasteiger partial charge in [-0.15, -0.1) is 0 Å². The van der Waals surface area contributed by atoms with E-state index in [1.54, 1.807) is 18.0 Å². The normalized spacial score (nSPS) is 27.3. The number of nitrogens with one attached hydrogen (secondary N) is 1. The second kappa shape index (κ2) is 4.66. The highest BCUT2D eigenvalue weighted by molar-refractivity contribution is 8.14. The smallest absolute Gasteiger partial charge is 0.157 e. The van der Waals surface area contributed by atoms with E-state index < -0.39 is 10.8 Å². The lowest BCUT2D eigenvalue weighted by Gasteiger charge is -2.16. The van der Waals surface area contributed by atoms with Crippen molar-refractivity contribution >= 4 is 27.7 Å². The number of thioether (sulfide) groups is 1. The summed E-state index contributed by atoms with van der Waals surface area (Å²) in [7, 11) is -0.774. The van der Waals surface area contributed by atoms with Crippen LogP contribution in [0.4, 0.5) is 0 Å². The van der Waals surface area contributed by atoms with Crippen LogP contribution in [-0.2, 0) is 10.8 Å². The van der Waals surface area contributed by atoms with E-state index in [9.17, 15) is 4.21 Å². The van der Waals surface area contributed by atoms with E-state index in [4.69, 9.17) is 0 Å². The fraction of sp³-hybridized carbons (Fsp3) is 0.889. The van der Waals surface area contributed by atoms with Gasteiger partial charge in [0.25, 0.3) is 0 Å². The van der Waals surface area contributed by atoms with Crippen LogP contribution in [0.1, 0.15) is 20.8 Å². The Bertz CT molecular complexity index is 264. The van der Waals surface area contributed by atoms with Crippen LogP contribution in [0.2, 0.25) is 0 Å². The van der Waals surface area contributed by atoms with Gasteiger partial charge >= 0.3 is 0 Å². The molecule has 14 heavy (non-hydrogen) atoms. The van der Waals surface area contributed by atoms with Crippen molar-refractivity contribution in [3.8, 4) is 0 Å². The molecule has 0 amide bonds. The molecule has 0 aromatic heterocycles. The molecule has 0 aromatic rings. The fourth-order valence-electron chi connectivity index (χ4n) is 1.01. The zero-order chi connectivity index (χ0) is 10.8. The summed E-state index contributed by atoms with van der Waals surface area (Å²) in [6.45, 7) is 6.92. The Morgan fingerprint density at radius 1 is 1.71 bits per heavy atom. The topological polar surface area (TPSA) is 41.5 Å². The molecule has 3 nitrogen and oxygen atoms in total. The molecule has 82 valence electrons. The third-order valence-corrected chi connectivity index (χ3v) is 4.73. The molecule has 0 radical (unpaired) electrons. The Hall–Kier alpha value is -0.0300. The van der Waals surface area contributed by atoms with Gasteiger partial charge in [0, 0.05) is 28.3 Å². The van der Waals surface area contributed by atoms with Crippen LogP contribution in [-0.4, -0.2) is 38.7 Å². The van der Waals surface area contributed by atoms with Gasteiger partial charge < -0.3 is 5.32 Å². The maximum Gasteiger partial charge on any atom is 0.157 e. The summed E-state index contributed by atoms with van der Waals surface area (Å²) in [6.07, 6.45) is 1.73. The van der Waals surface area contributed by atoms with E-state index in [1.165, 1.54) is 0 Å². The van der Waals surface area contributed by atoms with Crippen molar-refractivity contribution in [1.82, 2.24) is 5.32 Å². The Balaban J connectivity index is 2.44. The average molecular weight is 234 g/mol. The van der Waals surface area contributed by atoms with E-state index in [0.29, 0.717) is 6.54 Å². The van der Waals surface area contributed by atoms with Crippen LogP contribution in [0, 0.1) is 0 Å². The van der Waals surface area contributed by atoms with Crippen molar-refractivity contribution in [1.29, 1.82) is 0 Å². The lowest BCUT2D eigenvalue weighted by Crippen LogP contribution is -2.37. The molecule has 2 unspecified atom stereocenters. The molecular weight excluding hydrogens is 216 g/mol. The van der Waals surface area contributed by atoms with Gasteiger partial charge in [0.2, 0.25) is 0 Å². The second-order valence-electron chi connectivity index (χ2n) is 4.25. The molecule has 0 saturated carbocycles. The summed E-state index contributed by atoms with van der Waals surface area (Å²) in [5, 5.41) is 4.48. The first-order chi connectivity index (χ1) is 6.41. The monoisotopic (exact) mass is 234 g/mol. The summed E-state index contributed by atoms with van der Waals surface area (Å²) in [6, 6.07) is 0. The molecule has 0 aliphatic carbocycles. The quantitative estimate of drug-likeness (QED) is 0.798. The highest BCUT2D eigenvalue weighted by Gasteiger charge is 2.27. The van der Waals surface area contributed by atoms with Gasteiger partial charge in [-0.2, -0.15) is 0 Å². The number of amidine groups is 1. The molecule has 1 rings (SSSR count). The number of hydrogen-bond donors (Lipinski definition) is 1. The van der Waals surface area contributed by atoms with Gasteiger partial charge in [-0.3, -0.25) is 9.20 Å². The van der Waals surface area contributed by atoms with Gasteiger partial charge in [0.15, 0.2) is 5.17 Å². The molecule has 1 aliphatic rings. The average Bonchev–Trinajstić information content (AvgIpc) is 2.41. The summed E-state index contributed by atoms with van der Waals surface area (Å²) in [5.41, 5.74) is 0.151. The molecule has 2 atom stereocenters. The van der Waals surface area contributed by atoms with Crippen LogP contribution >= 0.6 is 11.8 Å². The molecule has 1 heterocycles. The van der Waals surface area contributed by atoms with Crippen LogP contribution in [0.3, 0.4) is 0 Å². The third-order valence-electron chi connectivity index (χ3n) is 2.07. The second-order valence-corrected chi connectivity index (χ2v) is 7.02. The lowest BCUT2D eigenvalue weighted by atomic mass is 10.1. The maximum absolute atomic E-state index is 11.1. The number of rotatable bonds is 3.